The van der Waals surface area contributed by atoms with E-state index in [-0.39, 0.29) is 12.5 Å². The number of anilines is 3. The van der Waals surface area contributed by atoms with Crippen molar-refractivity contribution in [1.82, 2.24) is 4.98 Å². The molecule has 1 aromatic heterocycles. The molecule has 1 aliphatic heterocycles. The highest BCUT2D eigenvalue weighted by Gasteiger charge is 2.22. The molecule has 0 spiro atoms. The summed E-state index contributed by atoms with van der Waals surface area (Å²) in [4.78, 5) is 17.8. The van der Waals surface area contributed by atoms with E-state index in [0.717, 1.165) is 22.5 Å². The van der Waals surface area contributed by atoms with Crippen molar-refractivity contribution in [2.75, 3.05) is 23.9 Å². The van der Waals surface area contributed by atoms with Crippen LogP contribution in [0.3, 0.4) is 0 Å². The van der Waals surface area contributed by atoms with Crippen molar-refractivity contribution in [2.24, 2.45) is 0 Å². The Morgan fingerprint density at radius 3 is 2.81 bits per heavy atom. The van der Waals surface area contributed by atoms with Crippen LogP contribution < -0.4 is 15.0 Å². The predicted molar refractivity (Wildman–Crippen MR) is 103 cm³/mol. The van der Waals surface area contributed by atoms with Crippen molar-refractivity contribution in [2.45, 2.75) is 0 Å². The first kappa shape index (κ1) is 16.4. The van der Waals surface area contributed by atoms with E-state index in [4.69, 9.17) is 16.3 Å². The number of nitrogens with one attached hydrogen (secondary N) is 1. The summed E-state index contributed by atoms with van der Waals surface area (Å²) in [6.07, 6.45) is 1.74. The lowest BCUT2D eigenvalue weighted by atomic mass is 10.0. The van der Waals surface area contributed by atoms with Gasteiger partial charge in [-0.2, -0.15) is 0 Å². The molecule has 0 aliphatic carbocycles. The van der Waals surface area contributed by atoms with Gasteiger partial charge in [-0.3, -0.25) is 4.79 Å². The number of nitrogens with zero attached hydrogens (tertiary/aromatic N) is 2. The zero-order valence-electron chi connectivity index (χ0n) is 14.1. The fourth-order valence-corrected chi connectivity index (χ4v) is 3.03. The van der Waals surface area contributed by atoms with Crippen molar-refractivity contribution >= 4 is 34.7 Å². The minimum Gasteiger partial charge on any atom is -0.482 e. The number of carbonyl (C=O) groups is 1. The second kappa shape index (κ2) is 6.69. The summed E-state index contributed by atoms with van der Waals surface area (Å²) < 4.78 is 5.48. The third kappa shape index (κ3) is 3.21. The molecule has 1 amide bonds. The van der Waals surface area contributed by atoms with Gasteiger partial charge in [0.1, 0.15) is 11.6 Å². The number of amides is 1. The van der Waals surface area contributed by atoms with Gasteiger partial charge in [0.05, 0.1) is 5.69 Å². The van der Waals surface area contributed by atoms with Gasteiger partial charge in [-0.1, -0.05) is 23.7 Å². The minimum atomic E-state index is -0.0623. The summed E-state index contributed by atoms with van der Waals surface area (Å²) in [5, 5.41) is 3.91. The number of benzene rings is 2. The molecular formula is C20H16ClN3O2. The van der Waals surface area contributed by atoms with E-state index in [0.29, 0.717) is 16.6 Å². The fourth-order valence-electron chi connectivity index (χ4n) is 2.84. The quantitative estimate of drug-likeness (QED) is 0.742. The third-order valence-electron chi connectivity index (χ3n) is 4.24. The van der Waals surface area contributed by atoms with Gasteiger partial charge in [0, 0.05) is 24.0 Å². The van der Waals surface area contributed by atoms with Gasteiger partial charge in [-0.05, 0) is 53.6 Å². The zero-order valence-corrected chi connectivity index (χ0v) is 14.8. The fraction of sp³-hybridized carbons (Fsp3) is 0.100. The molecule has 5 nitrogen and oxygen atoms in total. The van der Waals surface area contributed by atoms with Crippen LogP contribution in [0.4, 0.5) is 17.2 Å². The first-order valence-corrected chi connectivity index (χ1v) is 8.50. The second-order valence-electron chi connectivity index (χ2n) is 5.99. The van der Waals surface area contributed by atoms with Crippen molar-refractivity contribution in [3.63, 3.8) is 0 Å². The third-order valence-corrected chi connectivity index (χ3v) is 4.47. The molecule has 6 heteroatoms. The number of halogens is 1. The maximum atomic E-state index is 11.9. The van der Waals surface area contributed by atoms with Crippen LogP contribution in [0, 0.1) is 0 Å². The SMILES string of the molecule is CN1C(=O)COc2ccc(-c3ccnc(Nc4cccc(Cl)c4)c3)cc21. The number of fused-ring (bicyclic) bond motifs is 1. The van der Waals surface area contributed by atoms with E-state index in [2.05, 4.69) is 10.3 Å². The van der Waals surface area contributed by atoms with E-state index in [1.54, 1.807) is 18.1 Å². The van der Waals surface area contributed by atoms with E-state index < -0.39 is 0 Å². The molecule has 3 aromatic rings. The number of hydrogen-bond acceptors (Lipinski definition) is 4. The summed E-state index contributed by atoms with van der Waals surface area (Å²) in [7, 11) is 1.76. The van der Waals surface area contributed by atoms with Gasteiger partial charge in [0.2, 0.25) is 0 Å². The lowest BCUT2D eigenvalue weighted by Gasteiger charge is -2.26. The maximum absolute atomic E-state index is 11.9. The van der Waals surface area contributed by atoms with Crippen molar-refractivity contribution in [3.05, 3.63) is 65.8 Å². The number of ether oxygens (including phenoxy) is 1. The van der Waals surface area contributed by atoms with Crippen LogP contribution in [-0.2, 0) is 4.79 Å². The molecule has 26 heavy (non-hydrogen) atoms. The van der Waals surface area contributed by atoms with Gasteiger partial charge < -0.3 is 15.0 Å². The number of pyridine rings is 1. The summed E-state index contributed by atoms with van der Waals surface area (Å²) >= 11 is 6.03. The Morgan fingerprint density at radius 1 is 1.12 bits per heavy atom. The molecular weight excluding hydrogens is 350 g/mol. The molecule has 1 aliphatic rings. The average molecular weight is 366 g/mol. The van der Waals surface area contributed by atoms with Crippen LogP contribution in [0.15, 0.2) is 60.8 Å². The summed E-state index contributed by atoms with van der Waals surface area (Å²) in [6.45, 7) is 0.0752. The molecule has 2 aromatic carbocycles. The average Bonchev–Trinajstić information content (AvgIpc) is 2.65. The van der Waals surface area contributed by atoms with Gasteiger partial charge >= 0.3 is 0 Å². The molecule has 0 atom stereocenters. The largest absolute Gasteiger partial charge is 0.482 e. The molecule has 0 saturated heterocycles. The monoisotopic (exact) mass is 365 g/mol. The molecule has 1 N–H and O–H groups in total. The van der Waals surface area contributed by atoms with E-state index >= 15 is 0 Å². The number of hydrogen-bond donors (Lipinski definition) is 1. The Balaban J connectivity index is 1.66. The lowest BCUT2D eigenvalue weighted by Crippen LogP contribution is -2.35. The summed E-state index contributed by atoms with van der Waals surface area (Å²) in [5.41, 5.74) is 3.59. The van der Waals surface area contributed by atoms with Crippen LogP contribution in [0.25, 0.3) is 11.1 Å². The Bertz CT molecular complexity index is 990. The Morgan fingerprint density at radius 2 is 1.96 bits per heavy atom. The Hall–Kier alpha value is -3.05. The van der Waals surface area contributed by atoms with Crippen LogP contribution in [-0.4, -0.2) is 24.5 Å². The number of aromatic nitrogens is 1. The lowest BCUT2D eigenvalue weighted by molar-refractivity contribution is -0.120. The minimum absolute atomic E-state index is 0.0623. The van der Waals surface area contributed by atoms with Crippen molar-refractivity contribution in [1.29, 1.82) is 0 Å². The van der Waals surface area contributed by atoms with Gasteiger partial charge in [-0.15, -0.1) is 0 Å². The van der Waals surface area contributed by atoms with Crippen LogP contribution in [0.1, 0.15) is 0 Å². The number of carbonyl (C=O) groups excluding carboxylic acids is 1. The first-order chi connectivity index (χ1) is 12.6. The van der Waals surface area contributed by atoms with Gasteiger partial charge in [0.25, 0.3) is 5.91 Å². The second-order valence-corrected chi connectivity index (χ2v) is 6.43. The van der Waals surface area contributed by atoms with E-state index in [1.807, 2.05) is 54.6 Å². The number of likely N-dealkylation sites (N-methyl/N-ethyl adjacent to an activating group) is 1. The van der Waals surface area contributed by atoms with E-state index in [1.165, 1.54) is 0 Å². The maximum Gasteiger partial charge on any atom is 0.264 e. The van der Waals surface area contributed by atoms with Gasteiger partial charge in [0.15, 0.2) is 6.61 Å². The molecule has 130 valence electrons. The molecule has 0 unspecified atom stereocenters. The standard InChI is InChI=1S/C20H16ClN3O2/c1-24-17-9-13(5-6-18(17)26-12-20(24)25)14-7-8-22-19(10-14)23-16-4-2-3-15(21)11-16/h2-11H,12H2,1H3,(H,22,23). The molecule has 0 saturated carbocycles. The molecule has 2 heterocycles. The summed E-state index contributed by atoms with van der Waals surface area (Å²) in [5.74, 6) is 1.36. The highest BCUT2D eigenvalue weighted by atomic mass is 35.5. The Labute approximate surface area is 156 Å². The molecule has 4 rings (SSSR count). The molecule has 0 fully saturated rings. The van der Waals surface area contributed by atoms with Gasteiger partial charge in [-0.25, -0.2) is 4.98 Å². The normalized spacial score (nSPS) is 13.2. The van der Waals surface area contributed by atoms with Crippen LogP contribution in [0.2, 0.25) is 5.02 Å². The smallest absolute Gasteiger partial charge is 0.264 e. The summed E-state index contributed by atoms with van der Waals surface area (Å²) in [6, 6.07) is 17.2. The van der Waals surface area contributed by atoms with Crippen LogP contribution >= 0.6 is 11.6 Å². The number of rotatable bonds is 3. The zero-order chi connectivity index (χ0) is 18.1. The Kier molecular flexibility index (Phi) is 4.22. The highest BCUT2D eigenvalue weighted by Crippen LogP contribution is 2.35. The van der Waals surface area contributed by atoms with Crippen molar-refractivity contribution in [3.8, 4) is 16.9 Å². The van der Waals surface area contributed by atoms with Crippen molar-refractivity contribution < 1.29 is 9.53 Å². The first-order valence-electron chi connectivity index (χ1n) is 8.12. The predicted octanol–water partition coefficient (Wildman–Crippen LogP) is 4.50. The highest BCUT2D eigenvalue weighted by molar-refractivity contribution is 6.30. The molecule has 0 bridgehead atoms. The van der Waals surface area contributed by atoms with Crippen LogP contribution in [0.5, 0.6) is 5.75 Å². The topological polar surface area (TPSA) is 54.5 Å². The molecule has 0 radical (unpaired) electrons. The van der Waals surface area contributed by atoms with E-state index in [9.17, 15) is 4.79 Å².